The third-order valence-electron chi connectivity index (χ3n) is 7.33. The quantitative estimate of drug-likeness (QED) is 0.615. The fourth-order valence-electron chi connectivity index (χ4n) is 5.64. The summed E-state index contributed by atoms with van der Waals surface area (Å²) in [5, 5.41) is 14.4. The van der Waals surface area contributed by atoms with Crippen LogP contribution in [-0.4, -0.2) is 70.0 Å². The first kappa shape index (κ1) is 23.4. The van der Waals surface area contributed by atoms with Gasteiger partial charge in [-0.05, 0) is 45.1 Å². The van der Waals surface area contributed by atoms with Gasteiger partial charge in [-0.1, -0.05) is 0 Å². The van der Waals surface area contributed by atoms with Crippen LogP contribution in [0.15, 0.2) is 17.1 Å². The number of sulfonamides is 1. The van der Waals surface area contributed by atoms with Crippen LogP contribution in [0.2, 0.25) is 0 Å². The van der Waals surface area contributed by atoms with Crippen LogP contribution in [0.4, 0.5) is 14.7 Å². The molecule has 13 heteroatoms. The Labute approximate surface area is 195 Å². The van der Waals surface area contributed by atoms with Crippen molar-refractivity contribution in [1.29, 1.82) is 0 Å². The van der Waals surface area contributed by atoms with Gasteiger partial charge in [-0.3, -0.25) is 9.36 Å². The molecule has 0 unspecified atom stereocenters. The maximum Gasteiger partial charge on any atom is 0.387 e. The zero-order valence-corrected chi connectivity index (χ0v) is 19.7. The van der Waals surface area contributed by atoms with Crippen molar-refractivity contribution >= 4 is 27.0 Å². The van der Waals surface area contributed by atoms with Crippen LogP contribution in [0.5, 0.6) is 5.75 Å². The normalized spacial score (nSPS) is 27.2. The highest BCUT2D eigenvalue weighted by molar-refractivity contribution is 7.88. The molecule has 0 bridgehead atoms. The first-order chi connectivity index (χ1) is 15.9. The number of hydrogen-bond donors (Lipinski definition) is 2. The topological polar surface area (TPSA) is 127 Å². The number of anilines is 1. The molecule has 2 aliphatic carbocycles. The van der Waals surface area contributed by atoms with E-state index in [9.17, 15) is 27.1 Å². The van der Waals surface area contributed by atoms with Gasteiger partial charge in [0.1, 0.15) is 5.65 Å². The fourth-order valence-corrected chi connectivity index (χ4v) is 6.65. The van der Waals surface area contributed by atoms with Crippen LogP contribution < -0.4 is 15.6 Å². The molecule has 2 saturated carbocycles. The van der Waals surface area contributed by atoms with Gasteiger partial charge in [0.15, 0.2) is 5.75 Å². The van der Waals surface area contributed by atoms with E-state index >= 15 is 0 Å². The van der Waals surface area contributed by atoms with E-state index in [0.717, 1.165) is 12.8 Å². The molecule has 5 rings (SSSR count). The third kappa shape index (κ3) is 4.03. The molecule has 0 amide bonds. The Bertz CT molecular complexity index is 1280. The summed E-state index contributed by atoms with van der Waals surface area (Å²) in [6.45, 7) is -0.533. The van der Waals surface area contributed by atoms with Crippen LogP contribution in [0.25, 0.3) is 11.0 Å². The summed E-state index contributed by atoms with van der Waals surface area (Å²) in [5.41, 5.74) is -1.77. The van der Waals surface area contributed by atoms with Crippen LogP contribution in [0, 0.1) is 5.41 Å². The molecule has 1 saturated heterocycles. The Morgan fingerprint density at radius 2 is 2.03 bits per heavy atom. The van der Waals surface area contributed by atoms with E-state index in [0.29, 0.717) is 37.7 Å². The average Bonchev–Trinajstić information content (AvgIpc) is 3.01. The lowest BCUT2D eigenvalue weighted by atomic mass is 9.61. The summed E-state index contributed by atoms with van der Waals surface area (Å²) in [5.74, 6) is -0.240. The van der Waals surface area contributed by atoms with Crippen molar-refractivity contribution in [3.63, 3.8) is 0 Å². The largest absolute Gasteiger partial charge is 0.429 e. The average molecular weight is 500 g/mol. The van der Waals surface area contributed by atoms with Crippen LogP contribution in [-0.2, 0) is 10.0 Å². The number of rotatable bonds is 6. The number of aliphatic hydroxyl groups is 1. The SMILES string of the molecule is C[C@@]1(O)CCC[C@H]1n1c(=O)c(OC(F)F)cc2cnc(NC3CC4(C3)CN(S(C)(=O)=O)C4)nc21. The Balaban J connectivity index is 1.42. The van der Waals surface area contributed by atoms with Gasteiger partial charge in [-0.25, -0.2) is 17.7 Å². The predicted octanol–water partition coefficient (Wildman–Crippen LogP) is 1.70. The maximum atomic E-state index is 13.1. The van der Waals surface area contributed by atoms with E-state index in [1.54, 1.807) is 6.92 Å². The highest BCUT2D eigenvalue weighted by atomic mass is 32.2. The Hall–Kier alpha value is -2.38. The number of fused-ring (bicyclic) bond motifs is 1. The van der Waals surface area contributed by atoms with Crippen molar-refractivity contribution in [3.8, 4) is 5.75 Å². The van der Waals surface area contributed by atoms with Gasteiger partial charge in [-0.15, -0.1) is 0 Å². The molecule has 1 aliphatic heterocycles. The molecule has 2 N–H and O–H groups in total. The Morgan fingerprint density at radius 1 is 1.32 bits per heavy atom. The van der Waals surface area contributed by atoms with Crippen molar-refractivity contribution in [1.82, 2.24) is 18.8 Å². The fraction of sp³-hybridized carbons (Fsp3) is 0.667. The van der Waals surface area contributed by atoms with Gasteiger partial charge in [0, 0.05) is 36.1 Å². The van der Waals surface area contributed by atoms with Crippen molar-refractivity contribution in [2.24, 2.45) is 5.41 Å². The molecule has 2 aromatic heterocycles. The molecule has 3 heterocycles. The second-order valence-corrected chi connectivity index (χ2v) is 12.1. The van der Waals surface area contributed by atoms with Gasteiger partial charge < -0.3 is 15.2 Å². The van der Waals surface area contributed by atoms with Crippen molar-refractivity contribution in [3.05, 3.63) is 22.6 Å². The number of pyridine rings is 1. The minimum atomic E-state index is -3.17. The zero-order chi connectivity index (χ0) is 24.5. The summed E-state index contributed by atoms with van der Waals surface area (Å²) >= 11 is 0. The monoisotopic (exact) mass is 499 g/mol. The lowest BCUT2D eigenvalue weighted by Crippen LogP contribution is -2.65. The maximum absolute atomic E-state index is 13.1. The smallest absolute Gasteiger partial charge is 0.387 e. The molecular weight excluding hydrogens is 472 g/mol. The minimum Gasteiger partial charge on any atom is -0.429 e. The summed E-state index contributed by atoms with van der Waals surface area (Å²) < 4.78 is 56.2. The summed E-state index contributed by atoms with van der Waals surface area (Å²) in [6.07, 6.45) is 5.82. The van der Waals surface area contributed by atoms with Crippen molar-refractivity contribution in [2.45, 2.75) is 63.3 Å². The van der Waals surface area contributed by atoms with E-state index in [2.05, 4.69) is 20.0 Å². The molecule has 10 nitrogen and oxygen atoms in total. The molecule has 0 radical (unpaired) electrons. The Kier molecular flexibility index (Phi) is 5.37. The molecule has 0 aromatic carbocycles. The number of hydrogen-bond acceptors (Lipinski definition) is 8. The van der Waals surface area contributed by atoms with E-state index in [1.807, 2.05) is 0 Å². The Morgan fingerprint density at radius 3 is 2.62 bits per heavy atom. The molecule has 3 fully saturated rings. The highest BCUT2D eigenvalue weighted by Gasteiger charge is 2.54. The molecule has 3 aliphatic rings. The second-order valence-electron chi connectivity index (χ2n) is 10.1. The van der Waals surface area contributed by atoms with Gasteiger partial charge in [0.05, 0.1) is 17.9 Å². The molecule has 34 heavy (non-hydrogen) atoms. The molecule has 2 atom stereocenters. The number of halogens is 2. The zero-order valence-electron chi connectivity index (χ0n) is 18.9. The highest BCUT2D eigenvalue weighted by Crippen LogP contribution is 2.50. The number of alkyl halides is 2. The van der Waals surface area contributed by atoms with Crippen molar-refractivity contribution in [2.75, 3.05) is 24.7 Å². The number of ether oxygens (including phenoxy) is 1. The van der Waals surface area contributed by atoms with Crippen LogP contribution in [0.1, 0.15) is 45.1 Å². The van der Waals surface area contributed by atoms with Crippen LogP contribution in [0.3, 0.4) is 0 Å². The predicted molar refractivity (Wildman–Crippen MR) is 119 cm³/mol. The molecule has 186 valence electrons. The third-order valence-corrected chi connectivity index (χ3v) is 8.53. The lowest BCUT2D eigenvalue weighted by molar-refractivity contribution is -0.0513. The standard InChI is InChI=1S/C21H27F2N5O5S/c1-20(30)5-3-4-15(20)28-16-12(6-14(17(28)29)33-18(22)23)9-24-19(26-16)25-13-7-21(8-13)10-27(11-21)34(2,31)32/h6,9,13,15,18,30H,3-5,7-8,10-11H2,1-2H3,(H,24,25,26)/t15-,20-/m1/s1. The number of nitrogens with one attached hydrogen (secondary N) is 1. The molecule has 1 spiro atoms. The van der Waals surface area contributed by atoms with Gasteiger partial charge >= 0.3 is 6.61 Å². The van der Waals surface area contributed by atoms with Gasteiger partial charge in [0.25, 0.3) is 5.56 Å². The van der Waals surface area contributed by atoms with Gasteiger partial charge in [-0.2, -0.15) is 13.8 Å². The summed E-state index contributed by atoms with van der Waals surface area (Å²) in [7, 11) is -3.17. The van der Waals surface area contributed by atoms with Crippen molar-refractivity contribution < 1.29 is 27.0 Å². The number of aromatic nitrogens is 3. The first-order valence-corrected chi connectivity index (χ1v) is 13.0. The minimum absolute atomic E-state index is 0.0241. The summed E-state index contributed by atoms with van der Waals surface area (Å²) in [6, 6.07) is 0.603. The second kappa shape index (κ2) is 7.82. The van der Waals surface area contributed by atoms with Crippen LogP contribution >= 0.6 is 0 Å². The number of nitrogens with zero attached hydrogens (tertiary/aromatic N) is 4. The first-order valence-electron chi connectivity index (χ1n) is 11.2. The molecular formula is C21H27F2N5O5S. The lowest BCUT2D eigenvalue weighted by Gasteiger charge is -2.58. The summed E-state index contributed by atoms with van der Waals surface area (Å²) in [4.78, 5) is 21.9. The van der Waals surface area contributed by atoms with E-state index in [1.165, 1.54) is 27.4 Å². The van der Waals surface area contributed by atoms with E-state index in [4.69, 9.17) is 0 Å². The van der Waals surface area contributed by atoms with Gasteiger partial charge in [0.2, 0.25) is 16.0 Å². The van der Waals surface area contributed by atoms with E-state index in [-0.39, 0.29) is 23.1 Å². The van der Waals surface area contributed by atoms with E-state index < -0.39 is 39.6 Å². The molecule has 2 aromatic rings.